The van der Waals surface area contributed by atoms with E-state index in [9.17, 15) is 0 Å². The Morgan fingerprint density at radius 2 is 1.50 bits per heavy atom. The Hall–Kier alpha value is -0.260. The predicted octanol–water partition coefficient (Wildman–Crippen LogP) is 0.662. The standard InChI is InChI=1S/C5H6O3S2/c9-4-1-6-2-5(10)8-3-7-4/h1-3H2. The van der Waals surface area contributed by atoms with Crippen molar-refractivity contribution in [3.8, 4) is 0 Å². The van der Waals surface area contributed by atoms with E-state index in [4.69, 9.17) is 38.6 Å². The van der Waals surface area contributed by atoms with Crippen LogP contribution in [0.3, 0.4) is 0 Å². The van der Waals surface area contributed by atoms with Crippen molar-refractivity contribution in [1.82, 2.24) is 0 Å². The maximum Gasteiger partial charge on any atom is 0.232 e. The molecule has 5 heteroatoms. The third-order valence-corrected chi connectivity index (χ3v) is 1.35. The maximum atomic E-state index is 4.97. The minimum absolute atomic E-state index is 0.112. The van der Waals surface area contributed by atoms with Gasteiger partial charge in [0, 0.05) is 0 Å². The van der Waals surface area contributed by atoms with Crippen molar-refractivity contribution >= 4 is 34.5 Å². The van der Waals surface area contributed by atoms with Crippen LogP contribution in [0.25, 0.3) is 0 Å². The Labute approximate surface area is 69.3 Å². The molecule has 56 valence electrons. The summed E-state index contributed by atoms with van der Waals surface area (Å²) >= 11 is 9.44. The topological polar surface area (TPSA) is 27.7 Å². The van der Waals surface area contributed by atoms with Crippen LogP contribution >= 0.6 is 24.4 Å². The molecular formula is C5H6O3S2. The van der Waals surface area contributed by atoms with E-state index in [0.717, 1.165) is 0 Å². The summed E-state index contributed by atoms with van der Waals surface area (Å²) in [5.74, 6) is 0. The third-order valence-electron chi connectivity index (χ3n) is 0.880. The lowest BCUT2D eigenvalue weighted by Crippen LogP contribution is -2.22. The van der Waals surface area contributed by atoms with Crippen LogP contribution in [0.2, 0.25) is 0 Å². The maximum absolute atomic E-state index is 4.97. The number of hydrogen-bond donors (Lipinski definition) is 0. The summed E-state index contributed by atoms with van der Waals surface area (Å²) in [6, 6.07) is 0. The molecule has 0 unspecified atom stereocenters. The van der Waals surface area contributed by atoms with Crippen LogP contribution in [-0.4, -0.2) is 30.1 Å². The summed E-state index contributed by atoms with van der Waals surface area (Å²) in [4.78, 5) is 0. The Bertz CT molecular complexity index is 127. The van der Waals surface area contributed by atoms with Crippen molar-refractivity contribution in [2.75, 3.05) is 20.0 Å². The average Bonchev–Trinajstić information content (AvgIpc) is 1.84. The molecule has 10 heavy (non-hydrogen) atoms. The van der Waals surface area contributed by atoms with Crippen LogP contribution < -0.4 is 0 Å². The molecule has 1 saturated heterocycles. The molecule has 0 spiro atoms. The molecule has 0 aromatic carbocycles. The van der Waals surface area contributed by atoms with Gasteiger partial charge in [-0.25, -0.2) is 0 Å². The highest BCUT2D eigenvalue weighted by atomic mass is 32.1. The molecule has 1 heterocycles. The molecule has 0 aromatic heterocycles. The van der Waals surface area contributed by atoms with Crippen LogP contribution in [0.1, 0.15) is 0 Å². The summed E-state index contributed by atoms with van der Waals surface area (Å²) in [7, 11) is 0. The van der Waals surface area contributed by atoms with Crippen molar-refractivity contribution in [2.24, 2.45) is 0 Å². The number of ether oxygens (including phenoxy) is 3. The van der Waals surface area contributed by atoms with Gasteiger partial charge in [-0.15, -0.1) is 0 Å². The summed E-state index contributed by atoms with van der Waals surface area (Å²) < 4.78 is 14.7. The molecule has 1 fully saturated rings. The molecule has 0 aliphatic carbocycles. The van der Waals surface area contributed by atoms with Gasteiger partial charge in [0.1, 0.15) is 13.2 Å². The number of hydrogen-bond acceptors (Lipinski definition) is 5. The molecule has 0 aromatic rings. The second kappa shape index (κ2) is 3.80. The van der Waals surface area contributed by atoms with Gasteiger partial charge in [0.15, 0.2) is 10.1 Å². The lowest BCUT2D eigenvalue weighted by molar-refractivity contribution is 0.0603. The fourth-order valence-corrected chi connectivity index (χ4v) is 0.725. The van der Waals surface area contributed by atoms with Gasteiger partial charge in [0.05, 0.1) is 0 Å². The van der Waals surface area contributed by atoms with E-state index in [1.54, 1.807) is 0 Å². The lowest BCUT2D eigenvalue weighted by atomic mass is 10.7. The number of thiocarbonyl (C=S) groups is 2. The van der Waals surface area contributed by atoms with E-state index in [0.29, 0.717) is 23.3 Å². The first-order valence-electron chi connectivity index (χ1n) is 2.68. The van der Waals surface area contributed by atoms with E-state index in [2.05, 4.69) is 0 Å². The molecule has 3 nitrogen and oxygen atoms in total. The van der Waals surface area contributed by atoms with Gasteiger partial charge >= 0.3 is 0 Å². The van der Waals surface area contributed by atoms with Crippen molar-refractivity contribution in [3.05, 3.63) is 0 Å². The summed E-state index contributed by atoms with van der Waals surface area (Å²) in [5.41, 5.74) is 0. The van der Waals surface area contributed by atoms with Crippen molar-refractivity contribution in [3.63, 3.8) is 0 Å². The van der Waals surface area contributed by atoms with Crippen LogP contribution in [0.15, 0.2) is 0 Å². The van der Waals surface area contributed by atoms with Crippen LogP contribution in [0, 0.1) is 0 Å². The van der Waals surface area contributed by atoms with E-state index in [1.165, 1.54) is 0 Å². The van der Waals surface area contributed by atoms with Gasteiger partial charge < -0.3 is 14.2 Å². The molecule has 1 aliphatic heterocycles. The molecule has 0 amide bonds. The first kappa shape index (κ1) is 7.84. The zero-order chi connectivity index (χ0) is 7.40. The van der Waals surface area contributed by atoms with E-state index in [-0.39, 0.29) is 6.79 Å². The SMILES string of the molecule is S=C1COCC(=S)OCO1. The fraction of sp³-hybridized carbons (Fsp3) is 0.600. The summed E-state index contributed by atoms with van der Waals surface area (Å²) in [5, 5.41) is 0.810. The first-order chi connectivity index (χ1) is 4.79. The molecule has 0 radical (unpaired) electrons. The monoisotopic (exact) mass is 178 g/mol. The first-order valence-corrected chi connectivity index (χ1v) is 3.49. The fourth-order valence-electron chi connectivity index (χ4n) is 0.462. The molecular weight excluding hydrogens is 172 g/mol. The van der Waals surface area contributed by atoms with Gasteiger partial charge in [-0.2, -0.15) is 0 Å². The Balaban J connectivity index is 2.34. The van der Waals surface area contributed by atoms with Gasteiger partial charge in [-0.05, 0) is 24.4 Å². The zero-order valence-corrected chi connectivity index (χ0v) is 6.80. The van der Waals surface area contributed by atoms with Crippen LogP contribution in [0.5, 0.6) is 0 Å². The van der Waals surface area contributed by atoms with Gasteiger partial charge in [0.25, 0.3) is 0 Å². The van der Waals surface area contributed by atoms with Crippen LogP contribution in [-0.2, 0) is 14.2 Å². The molecule has 0 bridgehead atoms. The zero-order valence-electron chi connectivity index (χ0n) is 5.16. The highest BCUT2D eigenvalue weighted by molar-refractivity contribution is 7.80. The van der Waals surface area contributed by atoms with Crippen molar-refractivity contribution < 1.29 is 14.2 Å². The van der Waals surface area contributed by atoms with E-state index in [1.807, 2.05) is 0 Å². The van der Waals surface area contributed by atoms with Gasteiger partial charge in [-0.3, -0.25) is 0 Å². The molecule has 0 atom stereocenters. The summed E-state index contributed by atoms with van der Waals surface area (Å²) in [6.45, 7) is 0.749. The Kier molecular flexibility index (Phi) is 2.98. The van der Waals surface area contributed by atoms with E-state index < -0.39 is 0 Å². The van der Waals surface area contributed by atoms with E-state index >= 15 is 0 Å². The smallest absolute Gasteiger partial charge is 0.232 e. The largest absolute Gasteiger partial charge is 0.448 e. The quantitative estimate of drug-likeness (QED) is 0.508. The van der Waals surface area contributed by atoms with Crippen LogP contribution in [0.4, 0.5) is 0 Å². The Morgan fingerprint density at radius 1 is 1.00 bits per heavy atom. The molecule has 1 rings (SSSR count). The third kappa shape index (κ3) is 2.55. The number of rotatable bonds is 0. The highest BCUT2D eigenvalue weighted by Gasteiger charge is 2.06. The second-order valence-electron chi connectivity index (χ2n) is 1.64. The predicted molar refractivity (Wildman–Crippen MR) is 43.1 cm³/mol. The summed E-state index contributed by atoms with van der Waals surface area (Å²) in [6.07, 6.45) is 0. The molecule has 1 aliphatic rings. The highest BCUT2D eigenvalue weighted by Crippen LogP contribution is 1.94. The Morgan fingerprint density at radius 3 is 2.00 bits per heavy atom. The minimum atomic E-state index is 0.112. The van der Waals surface area contributed by atoms with Gasteiger partial charge in [-0.1, -0.05) is 0 Å². The second-order valence-corrected chi connectivity index (χ2v) is 2.55. The normalized spacial score (nSPS) is 20.4. The molecule has 0 saturated carbocycles. The van der Waals surface area contributed by atoms with Crippen molar-refractivity contribution in [1.29, 1.82) is 0 Å². The lowest BCUT2D eigenvalue weighted by Gasteiger charge is -2.13. The molecule has 0 N–H and O–H groups in total. The average molecular weight is 178 g/mol. The van der Waals surface area contributed by atoms with Gasteiger partial charge in [0.2, 0.25) is 6.79 Å². The van der Waals surface area contributed by atoms with Crippen molar-refractivity contribution in [2.45, 2.75) is 0 Å². The minimum Gasteiger partial charge on any atom is -0.448 e.